The van der Waals surface area contributed by atoms with E-state index >= 15 is 0 Å². The van der Waals surface area contributed by atoms with E-state index in [0.29, 0.717) is 0 Å². The molecule has 12 heteroatoms. The monoisotopic (exact) mass is 2180 g/mol. The molecule has 145 heavy (non-hydrogen) atoms. The third-order valence-electron chi connectivity index (χ3n) is 27.8. The highest BCUT2D eigenvalue weighted by molar-refractivity contribution is 9.11. The summed E-state index contributed by atoms with van der Waals surface area (Å²) in [4.78, 5) is 9.38. The molecule has 0 unspecified atom stereocenters. The van der Waals surface area contributed by atoms with Crippen LogP contribution in [0.3, 0.4) is 0 Å². The van der Waals surface area contributed by atoms with Gasteiger partial charge in [-0.2, -0.15) is 0 Å². The fraction of sp³-hybridized carbons (Fsp3) is 0.00752. The fourth-order valence-electron chi connectivity index (χ4n) is 21.5. The first-order chi connectivity index (χ1) is 71.5. The largest absolute Gasteiger partial charge is 0.310 e. The number of hydrogen-bond donors (Lipinski definition) is 0. The van der Waals surface area contributed by atoms with E-state index in [2.05, 4.69) is 587 Å². The molecule has 4 nitrogen and oxygen atoms in total. The first kappa shape index (κ1) is 91.1. The predicted molar refractivity (Wildman–Crippen MR) is 644 cm³/mol. The molecule has 0 spiro atoms. The Morgan fingerprint density at radius 2 is 0.483 bits per heavy atom. The molecule has 27 aromatic rings. The van der Waals surface area contributed by atoms with Crippen LogP contribution < -0.4 is 19.6 Å². The van der Waals surface area contributed by atoms with Crippen LogP contribution in [-0.4, -0.2) is 0 Å². The summed E-state index contributed by atoms with van der Waals surface area (Å²) >= 11 is 23.0. The van der Waals surface area contributed by atoms with Crippen LogP contribution in [0.4, 0.5) is 68.2 Å². The molecule has 0 saturated carbocycles. The standard InChI is InChI=1S/C43H28BrNS.C36H22BrNS.C28H18BrNS.C26H18BrNS/c44-40-28-33(27-37-35-21-11-13-23-41(35)46-42(37)40)45(31-18-8-3-9-19-31)32-24-25-39-36(26-32)34-20-10-12-22-38(34)43(39,29-14-4-1-5-15-29)30-16-6-2-7-17-30;37-34-22-25(21-33-31-16-8-9-17-35(31)39-36(33)34)38(23-10-2-1-3-11-23)24-18-19-30-28-14-5-4-12-26(28)27-13-6-7-15-29(27)32(30)20-24;29-25-18-22(30(20-10-3-1-4-11-20)21-12-5-2-6-13-21)17-24-27-23-14-8-7-9-19(23)15-16-26(27)31-28(24)25;1-2-18-12-14-20(15-13-18)28(19-8-4-3-5-9-19)21-16-23-22-10-6-7-11-25(22)29-26(23)24(27)17-21/h1-28H;1-22H;1-18H;2-17H,1H2. The van der Waals surface area contributed by atoms with Gasteiger partial charge in [0, 0.05) is 167 Å². The summed E-state index contributed by atoms with van der Waals surface area (Å²) in [6, 6.07) is 181. The van der Waals surface area contributed by atoms with Gasteiger partial charge < -0.3 is 19.6 Å². The second kappa shape index (κ2) is 39.2. The molecule has 0 bridgehead atoms. The summed E-state index contributed by atoms with van der Waals surface area (Å²) in [5.41, 5.74) is 22.0. The van der Waals surface area contributed by atoms with Crippen LogP contribution in [0.15, 0.2) is 528 Å². The molecule has 4 aromatic heterocycles. The second-order valence-electron chi connectivity index (χ2n) is 36.2. The van der Waals surface area contributed by atoms with Crippen LogP contribution in [0.2, 0.25) is 0 Å². The van der Waals surface area contributed by atoms with E-state index in [1.165, 1.54) is 157 Å². The Morgan fingerprint density at radius 1 is 0.193 bits per heavy atom. The van der Waals surface area contributed by atoms with Gasteiger partial charge in [-0.25, -0.2) is 0 Å². The van der Waals surface area contributed by atoms with Gasteiger partial charge in [-0.05, 0) is 316 Å². The normalized spacial score (nSPS) is 11.9. The molecule has 0 N–H and O–H groups in total. The quantitative estimate of drug-likeness (QED) is 0.0949. The van der Waals surface area contributed by atoms with Crippen LogP contribution >= 0.6 is 109 Å². The minimum absolute atomic E-state index is 0.415. The Bertz CT molecular complexity index is 9500. The third kappa shape index (κ3) is 16.6. The molecule has 0 saturated heterocycles. The zero-order valence-electron chi connectivity index (χ0n) is 78.1. The number of halogens is 4. The van der Waals surface area contributed by atoms with Crippen molar-refractivity contribution in [2.24, 2.45) is 0 Å². The van der Waals surface area contributed by atoms with Crippen LogP contribution in [0, 0.1) is 0 Å². The molecule has 28 rings (SSSR count). The third-order valence-corrected chi connectivity index (χ3v) is 36.2. The highest BCUT2D eigenvalue weighted by Crippen LogP contribution is 2.59. The van der Waals surface area contributed by atoms with Crippen molar-refractivity contribution >= 4 is 307 Å². The molecule has 4 heterocycles. The molecular weight excluding hydrogens is 2100 g/mol. The van der Waals surface area contributed by atoms with E-state index in [-0.39, 0.29) is 0 Å². The van der Waals surface area contributed by atoms with E-state index in [1.54, 1.807) is 0 Å². The van der Waals surface area contributed by atoms with E-state index in [0.717, 1.165) is 91.7 Å². The maximum Gasteiger partial charge on any atom is 0.0713 e. The Hall–Kier alpha value is -15.2. The number of nitrogens with zero attached hydrogens (tertiary/aromatic N) is 4. The molecule has 23 aromatic carbocycles. The van der Waals surface area contributed by atoms with Gasteiger partial charge >= 0.3 is 0 Å². The molecule has 0 amide bonds. The maximum atomic E-state index is 3.96. The highest BCUT2D eigenvalue weighted by Gasteiger charge is 2.46. The molecule has 1 aliphatic carbocycles. The number of rotatable bonds is 15. The van der Waals surface area contributed by atoms with E-state index in [1.807, 2.05) is 57.5 Å². The number of benzene rings is 23. The number of hydrogen-bond acceptors (Lipinski definition) is 8. The van der Waals surface area contributed by atoms with Crippen molar-refractivity contribution in [3.05, 3.63) is 556 Å². The van der Waals surface area contributed by atoms with Crippen molar-refractivity contribution in [3.8, 4) is 11.1 Å². The molecule has 0 radical (unpaired) electrons. The van der Waals surface area contributed by atoms with Crippen molar-refractivity contribution in [2.75, 3.05) is 19.6 Å². The minimum atomic E-state index is -0.415. The lowest BCUT2D eigenvalue weighted by molar-refractivity contribution is 0.768. The topological polar surface area (TPSA) is 13.0 Å². The first-order valence-corrected chi connectivity index (χ1v) is 54.7. The van der Waals surface area contributed by atoms with E-state index < -0.39 is 5.41 Å². The van der Waals surface area contributed by atoms with Crippen molar-refractivity contribution < 1.29 is 0 Å². The van der Waals surface area contributed by atoms with Gasteiger partial charge in [-0.1, -0.05) is 346 Å². The minimum Gasteiger partial charge on any atom is -0.310 e. The van der Waals surface area contributed by atoms with Crippen molar-refractivity contribution in [1.29, 1.82) is 0 Å². The predicted octanol–water partition coefficient (Wildman–Crippen LogP) is 42.8. The van der Waals surface area contributed by atoms with Crippen LogP contribution in [0.1, 0.15) is 27.8 Å². The Kier molecular flexibility index (Phi) is 24.6. The van der Waals surface area contributed by atoms with Gasteiger partial charge in [0.1, 0.15) is 0 Å². The van der Waals surface area contributed by atoms with Crippen molar-refractivity contribution in [3.63, 3.8) is 0 Å². The Balaban J connectivity index is 0.000000103. The van der Waals surface area contributed by atoms with Gasteiger partial charge in [0.15, 0.2) is 0 Å². The van der Waals surface area contributed by atoms with Gasteiger partial charge in [0.2, 0.25) is 0 Å². The molecule has 0 atom stereocenters. The first-order valence-electron chi connectivity index (χ1n) is 48.3. The Labute approximate surface area is 890 Å². The van der Waals surface area contributed by atoms with Gasteiger partial charge in [0.25, 0.3) is 0 Å². The summed E-state index contributed by atoms with van der Waals surface area (Å²) in [5, 5.41) is 20.6. The van der Waals surface area contributed by atoms with Crippen molar-refractivity contribution in [2.45, 2.75) is 5.41 Å². The second-order valence-corrected chi connectivity index (χ2v) is 43.8. The number of fused-ring (bicyclic) bond motifs is 23. The average Bonchev–Trinajstić information content (AvgIpc) is 1.54. The van der Waals surface area contributed by atoms with Gasteiger partial charge in [0.05, 0.1) is 5.41 Å². The molecule has 0 aliphatic heterocycles. The summed E-state index contributed by atoms with van der Waals surface area (Å²) in [6.45, 7) is 3.87. The van der Waals surface area contributed by atoms with Gasteiger partial charge in [-0.3, -0.25) is 0 Å². The van der Waals surface area contributed by atoms with Crippen LogP contribution in [0.25, 0.3) is 141 Å². The maximum absolute atomic E-state index is 3.96. The number of anilines is 12. The van der Waals surface area contributed by atoms with E-state index in [9.17, 15) is 0 Å². The molecule has 1 aliphatic rings. The smallest absolute Gasteiger partial charge is 0.0713 e. The summed E-state index contributed by atoms with van der Waals surface area (Å²) in [7, 11) is 0. The number of para-hydroxylation sites is 5. The van der Waals surface area contributed by atoms with Gasteiger partial charge in [-0.15, -0.1) is 45.3 Å². The number of thiophene rings is 4. The Morgan fingerprint density at radius 3 is 0.903 bits per heavy atom. The average molecular weight is 2190 g/mol. The summed E-state index contributed by atoms with van der Waals surface area (Å²) in [6.07, 6.45) is 1.87. The summed E-state index contributed by atoms with van der Waals surface area (Å²) < 4.78 is 14.8. The van der Waals surface area contributed by atoms with Crippen molar-refractivity contribution in [1.82, 2.24) is 0 Å². The fourth-order valence-corrected chi connectivity index (χ4v) is 28.6. The molecule has 690 valence electrons. The highest BCUT2D eigenvalue weighted by atomic mass is 79.9. The zero-order chi connectivity index (χ0) is 97.2. The zero-order valence-corrected chi connectivity index (χ0v) is 87.7. The van der Waals surface area contributed by atoms with Crippen LogP contribution in [-0.2, 0) is 5.41 Å². The van der Waals surface area contributed by atoms with E-state index in [4.69, 9.17) is 0 Å². The lowest BCUT2D eigenvalue weighted by Crippen LogP contribution is -2.28. The lowest BCUT2D eigenvalue weighted by atomic mass is 9.68. The molecule has 0 fully saturated rings. The SMILES string of the molecule is Brc1cc(N(c2ccccc2)c2ccc3c(c2)-c2ccccc2C3(c2ccccc2)c2ccccc2)cc2c1sc1ccccc12.Brc1cc(N(c2ccccc2)c2ccc3c4ccccc4c4ccccc4c3c2)cc2c1sc1ccccc12.Brc1cc(N(c2ccccc2)c2ccccc2)cc2c1sc1ccc3ccccc3c12.C=Cc1ccc(N(c2ccccc2)c2cc(Br)c3sc4ccccc4c3c2)cc1. The molecular formula is C133H86Br4N4S4. The summed E-state index contributed by atoms with van der Waals surface area (Å²) in [5.74, 6) is 0. The lowest BCUT2D eigenvalue weighted by Gasteiger charge is -2.34. The van der Waals surface area contributed by atoms with Crippen LogP contribution in [0.5, 0.6) is 0 Å².